The normalized spacial score (nSPS) is 19.9. The number of thioether (sulfide) groups is 1. The molecule has 1 rings (SSSR count). The zero-order valence-electron chi connectivity index (χ0n) is 9.58. The van der Waals surface area contributed by atoms with Crippen LogP contribution in [0.4, 0.5) is 0 Å². The minimum atomic E-state index is -0.720. The standard InChI is InChI=1S/C11H21NO2S/c1-3-7-15-8-6-11(2,10(13)14)12-9-4-5-9/h9,12H,3-8H2,1-2H3,(H,13,14). The summed E-state index contributed by atoms with van der Waals surface area (Å²) in [6.07, 6.45) is 4.13. The molecule has 0 spiro atoms. The summed E-state index contributed by atoms with van der Waals surface area (Å²) in [5.74, 6) is 1.33. The summed E-state index contributed by atoms with van der Waals surface area (Å²) in [6, 6.07) is 0.447. The van der Waals surface area contributed by atoms with Crippen molar-refractivity contribution in [1.29, 1.82) is 0 Å². The van der Waals surface area contributed by atoms with Crippen LogP contribution in [0.15, 0.2) is 0 Å². The van der Waals surface area contributed by atoms with Crippen LogP contribution in [-0.4, -0.2) is 34.2 Å². The molecule has 2 N–H and O–H groups in total. The van der Waals surface area contributed by atoms with E-state index < -0.39 is 11.5 Å². The predicted octanol–water partition coefficient (Wildman–Crippen LogP) is 2.11. The summed E-state index contributed by atoms with van der Waals surface area (Å²) in [6.45, 7) is 3.95. The molecule has 0 aliphatic heterocycles. The predicted molar refractivity (Wildman–Crippen MR) is 64.4 cm³/mol. The highest BCUT2D eigenvalue weighted by molar-refractivity contribution is 7.99. The van der Waals surface area contributed by atoms with E-state index in [1.807, 2.05) is 11.8 Å². The first-order chi connectivity index (χ1) is 7.08. The molecule has 88 valence electrons. The minimum Gasteiger partial charge on any atom is -0.480 e. The van der Waals surface area contributed by atoms with Crippen molar-refractivity contribution in [2.45, 2.75) is 51.1 Å². The maximum atomic E-state index is 11.2. The molecule has 1 fully saturated rings. The summed E-state index contributed by atoms with van der Waals surface area (Å²) in [5, 5.41) is 12.4. The number of aliphatic carboxylic acids is 1. The van der Waals surface area contributed by atoms with E-state index in [1.165, 1.54) is 0 Å². The second kappa shape index (κ2) is 5.75. The zero-order chi connectivity index (χ0) is 11.3. The quantitative estimate of drug-likeness (QED) is 0.628. The minimum absolute atomic E-state index is 0.447. The Labute approximate surface area is 96.0 Å². The van der Waals surface area contributed by atoms with E-state index in [9.17, 15) is 9.90 Å². The molecule has 0 amide bonds. The second-order valence-electron chi connectivity index (χ2n) is 4.42. The molecule has 1 aliphatic rings. The van der Waals surface area contributed by atoms with Crippen molar-refractivity contribution in [2.75, 3.05) is 11.5 Å². The molecule has 0 bridgehead atoms. The summed E-state index contributed by atoms with van der Waals surface area (Å²) >= 11 is 1.84. The lowest BCUT2D eigenvalue weighted by Gasteiger charge is -2.26. The van der Waals surface area contributed by atoms with Gasteiger partial charge < -0.3 is 5.11 Å². The van der Waals surface area contributed by atoms with Crippen molar-refractivity contribution in [3.8, 4) is 0 Å². The van der Waals surface area contributed by atoms with Crippen LogP contribution in [-0.2, 0) is 4.79 Å². The maximum Gasteiger partial charge on any atom is 0.323 e. The van der Waals surface area contributed by atoms with E-state index >= 15 is 0 Å². The number of carbonyl (C=O) groups is 1. The topological polar surface area (TPSA) is 49.3 Å². The fraction of sp³-hybridized carbons (Fsp3) is 0.909. The number of carboxylic acid groups (broad SMARTS) is 1. The Bertz CT molecular complexity index is 219. The second-order valence-corrected chi connectivity index (χ2v) is 5.64. The van der Waals surface area contributed by atoms with Gasteiger partial charge in [-0.15, -0.1) is 0 Å². The van der Waals surface area contributed by atoms with Gasteiger partial charge in [-0.05, 0) is 44.1 Å². The molecule has 0 aromatic carbocycles. The molecular weight excluding hydrogens is 210 g/mol. The Hall–Kier alpha value is -0.220. The highest BCUT2D eigenvalue weighted by Crippen LogP contribution is 2.25. The lowest BCUT2D eigenvalue weighted by atomic mass is 9.99. The molecule has 15 heavy (non-hydrogen) atoms. The molecule has 0 aromatic rings. The highest BCUT2D eigenvalue weighted by atomic mass is 32.2. The summed E-state index contributed by atoms with van der Waals surface area (Å²) < 4.78 is 0. The van der Waals surface area contributed by atoms with Gasteiger partial charge in [0.15, 0.2) is 0 Å². The Morgan fingerprint density at radius 2 is 2.20 bits per heavy atom. The summed E-state index contributed by atoms with van der Waals surface area (Å²) in [5.41, 5.74) is -0.720. The van der Waals surface area contributed by atoms with Crippen LogP contribution in [0, 0.1) is 0 Å². The third kappa shape index (κ3) is 4.43. The van der Waals surface area contributed by atoms with Crippen LogP contribution < -0.4 is 5.32 Å². The van der Waals surface area contributed by atoms with Gasteiger partial charge in [-0.25, -0.2) is 0 Å². The van der Waals surface area contributed by atoms with Crippen LogP contribution in [0.2, 0.25) is 0 Å². The molecule has 0 heterocycles. The van der Waals surface area contributed by atoms with E-state index in [1.54, 1.807) is 6.92 Å². The van der Waals surface area contributed by atoms with Gasteiger partial charge in [-0.3, -0.25) is 10.1 Å². The van der Waals surface area contributed by atoms with E-state index in [0.717, 1.165) is 30.8 Å². The SMILES string of the molecule is CCCSCCC(C)(NC1CC1)C(=O)O. The Balaban J connectivity index is 2.31. The number of nitrogens with one attached hydrogen (secondary N) is 1. The van der Waals surface area contributed by atoms with Crippen LogP contribution >= 0.6 is 11.8 Å². The summed E-state index contributed by atoms with van der Waals surface area (Å²) in [7, 11) is 0. The van der Waals surface area contributed by atoms with Crippen molar-refractivity contribution in [3.63, 3.8) is 0 Å². The average Bonchev–Trinajstić information content (AvgIpc) is 2.96. The van der Waals surface area contributed by atoms with Crippen molar-refractivity contribution in [3.05, 3.63) is 0 Å². The van der Waals surface area contributed by atoms with E-state index in [0.29, 0.717) is 12.5 Å². The van der Waals surface area contributed by atoms with Crippen molar-refractivity contribution in [1.82, 2.24) is 5.32 Å². The van der Waals surface area contributed by atoms with Gasteiger partial charge in [0.05, 0.1) is 0 Å². The third-order valence-corrected chi connectivity index (χ3v) is 3.86. The van der Waals surface area contributed by atoms with Gasteiger partial charge in [-0.1, -0.05) is 6.92 Å². The number of carboxylic acids is 1. The smallest absolute Gasteiger partial charge is 0.323 e. The summed E-state index contributed by atoms with van der Waals surface area (Å²) in [4.78, 5) is 11.2. The van der Waals surface area contributed by atoms with Crippen molar-refractivity contribution >= 4 is 17.7 Å². The molecule has 0 aromatic heterocycles. The number of hydrogen-bond donors (Lipinski definition) is 2. The monoisotopic (exact) mass is 231 g/mol. The van der Waals surface area contributed by atoms with E-state index in [4.69, 9.17) is 0 Å². The Morgan fingerprint density at radius 1 is 1.53 bits per heavy atom. The number of rotatable bonds is 8. The molecule has 1 unspecified atom stereocenters. The molecule has 0 saturated heterocycles. The van der Waals surface area contributed by atoms with Crippen LogP contribution in [0.25, 0.3) is 0 Å². The van der Waals surface area contributed by atoms with Crippen LogP contribution in [0.1, 0.15) is 39.5 Å². The van der Waals surface area contributed by atoms with Crippen molar-refractivity contribution in [2.24, 2.45) is 0 Å². The molecule has 1 saturated carbocycles. The fourth-order valence-corrected chi connectivity index (χ4v) is 2.49. The van der Waals surface area contributed by atoms with Gasteiger partial charge in [0.25, 0.3) is 0 Å². The first kappa shape index (κ1) is 12.8. The first-order valence-corrected chi connectivity index (χ1v) is 6.83. The third-order valence-electron chi connectivity index (χ3n) is 2.67. The fourth-order valence-electron chi connectivity index (χ4n) is 1.44. The largest absolute Gasteiger partial charge is 0.480 e. The Morgan fingerprint density at radius 3 is 2.67 bits per heavy atom. The van der Waals surface area contributed by atoms with Crippen LogP contribution in [0.5, 0.6) is 0 Å². The Kier molecular flexibility index (Phi) is 4.93. The van der Waals surface area contributed by atoms with E-state index in [2.05, 4.69) is 12.2 Å². The molecular formula is C11H21NO2S. The van der Waals surface area contributed by atoms with Crippen LogP contribution in [0.3, 0.4) is 0 Å². The molecule has 1 atom stereocenters. The first-order valence-electron chi connectivity index (χ1n) is 5.67. The lowest BCUT2D eigenvalue weighted by Crippen LogP contribution is -2.51. The van der Waals surface area contributed by atoms with Gasteiger partial charge >= 0.3 is 5.97 Å². The van der Waals surface area contributed by atoms with Gasteiger partial charge in [0.2, 0.25) is 0 Å². The number of hydrogen-bond acceptors (Lipinski definition) is 3. The zero-order valence-corrected chi connectivity index (χ0v) is 10.4. The molecule has 4 heteroatoms. The molecule has 3 nitrogen and oxygen atoms in total. The molecule has 0 radical (unpaired) electrons. The lowest BCUT2D eigenvalue weighted by molar-refractivity contribution is -0.144. The van der Waals surface area contributed by atoms with Gasteiger partial charge in [0.1, 0.15) is 5.54 Å². The van der Waals surface area contributed by atoms with Gasteiger partial charge in [0, 0.05) is 6.04 Å². The van der Waals surface area contributed by atoms with E-state index in [-0.39, 0.29) is 0 Å². The highest BCUT2D eigenvalue weighted by Gasteiger charge is 2.37. The maximum absolute atomic E-state index is 11.2. The average molecular weight is 231 g/mol. The van der Waals surface area contributed by atoms with Gasteiger partial charge in [-0.2, -0.15) is 11.8 Å². The molecule has 1 aliphatic carbocycles. The van der Waals surface area contributed by atoms with Crippen molar-refractivity contribution < 1.29 is 9.90 Å².